The third-order valence-corrected chi connectivity index (χ3v) is 4.87. The SMILES string of the molecule is CN(C)C(=O)CN=C(NCC1CCCO1)NC1CCCC(C(F)(F)F)C1.I. The molecule has 10 heteroatoms. The van der Waals surface area contributed by atoms with Crippen LogP contribution in [0.1, 0.15) is 38.5 Å². The summed E-state index contributed by atoms with van der Waals surface area (Å²) in [6.07, 6.45) is -0.753. The van der Waals surface area contributed by atoms with Crippen LogP contribution in [0.15, 0.2) is 4.99 Å². The zero-order chi connectivity index (χ0) is 19.2. The first-order chi connectivity index (χ1) is 12.3. The molecule has 27 heavy (non-hydrogen) atoms. The van der Waals surface area contributed by atoms with Crippen LogP contribution < -0.4 is 10.6 Å². The van der Waals surface area contributed by atoms with Crippen LogP contribution in [0, 0.1) is 5.92 Å². The van der Waals surface area contributed by atoms with Crippen LogP contribution >= 0.6 is 24.0 Å². The summed E-state index contributed by atoms with van der Waals surface area (Å²) in [7, 11) is 3.28. The molecule has 0 aromatic carbocycles. The van der Waals surface area contributed by atoms with Crippen LogP contribution in [0.2, 0.25) is 0 Å². The molecule has 0 aromatic rings. The van der Waals surface area contributed by atoms with Gasteiger partial charge in [-0.25, -0.2) is 4.99 Å². The van der Waals surface area contributed by atoms with E-state index >= 15 is 0 Å². The number of hydrogen-bond acceptors (Lipinski definition) is 3. The summed E-state index contributed by atoms with van der Waals surface area (Å²) < 4.78 is 44.6. The van der Waals surface area contributed by atoms with E-state index in [4.69, 9.17) is 4.74 Å². The van der Waals surface area contributed by atoms with Gasteiger partial charge in [-0.15, -0.1) is 24.0 Å². The van der Waals surface area contributed by atoms with E-state index in [0.29, 0.717) is 25.3 Å². The molecule has 6 nitrogen and oxygen atoms in total. The maximum Gasteiger partial charge on any atom is 0.391 e. The second kappa shape index (κ2) is 11.3. The van der Waals surface area contributed by atoms with Crippen molar-refractivity contribution in [1.82, 2.24) is 15.5 Å². The fraction of sp³-hybridized carbons (Fsp3) is 0.882. The Balaban J connectivity index is 0.00000364. The number of aliphatic imine (C=N–C) groups is 1. The first kappa shape index (κ1) is 24.3. The largest absolute Gasteiger partial charge is 0.391 e. The Hall–Kier alpha value is -0.780. The van der Waals surface area contributed by atoms with Gasteiger partial charge in [0.15, 0.2) is 5.96 Å². The number of rotatable bonds is 5. The summed E-state index contributed by atoms with van der Waals surface area (Å²) in [5.74, 6) is -1.07. The molecule has 1 aliphatic heterocycles. The smallest absolute Gasteiger partial charge is 0.376 e. The lowest BCUT2D eigenvalue weighted by Gasteiger charge is -2.32. The third-order valence-electron chi connectivity index (χ3n) is 4.87. The van der Waals surface area contributed by atoms with E-state index in [-0.39, 0.29) is 61.4 Å². The molecule has 1 saturated carbocycles. The Labute approximate surface area is 175 Å². The zero-order valence-electron chi connectivity index (χ0n) is 15.8. The highest BCUT2D eigenvalue weighted by molar-refractivity contribution is 14.0. The molecule has 1 aliphatic carbocycles. The van der Waals surface area contributed by atoms with Crippen molar-refractivity contribution in [3.63, 3.8) is 0 Å². The fourth-order valence-electron chi connectivity index (χ4n) is 3.27. The molecule has 158 valence electrons. The van der Waals surface area contributed by atoms with Gasteiger partial charge in [-0.3, -0.25) is 4.79 Å². The van der Waals surface area contributed by atoms with Crippen molar-refractivity contribution >= 4 is 35.8 Å². The normalized spacial score (nSPS) is 26.3. The van der Waals surface area contributed by atoms with Crippen molar-refractivity contribution in [3.8, 4) is 0 Å². The quantitative estimate of drug-likeness (QED) is 0.342. The number of halogens is 4. The Bertz CT molecular complexity index is 497. The van der Waals surface area contributed by atoms with E-state index in [9.17, 15) is 18.0 Å². The molecule has 2 fully saturated rings. The lowest BCUT2D eigenvalue weighted by Crippen LogP contribution is -2.48. The topological polar surface area (TPSA) is 66.0 Å². The van der Waals surface area contributed by atoms with Crippen molar-refractivity contribution in [1.29, 1.82) is 0 Å². The fourth-order valence-corrected chi connectivity index (χ4v) is 3.27. The molecule has 0 bridgehead atoms. The van der Waals surface area contributed by atoms with Gasteiger partial charge in [0.2, 0.25) is 5.91 Å². The standard InChI is InChI=1S/C17H29F3N4O2.HI/c1-24(2)15(25)11-22-16(21-10-14-7-4-8-26-14)23-13-6-3-5-12(9-13)17(18,19)20;/h12-14H,3-11H2,1-2H3,(H2,21,22,23);1H. The van der Waals surface area contributed by atoms with E-state index in [2.05, 4.69) is 15.6 Å². The minimum atomic E-state index is -4.16. The van der Waals surface area contributed by atoms with Crippen LogP contribution in [-0.4, -0.2) is 68.9 Å². The molecular weight excluding hydrogens is 476 g/mol. The molecule has 0 radical (unpaired) electrons. The van der Waals surface area contributed by atoms with Gasteiger partial charge in [-0.2, -0.15) is 13.2 Å². The summed E-state index contributed by atoms with van der Waals surface area (Å²) in [6, 6.07) is -0.305. The minimum Gasteiger partial charge on any atom is -0.376 e. The summed E-state index contributed by atoms with van der Waals surface area (Å²) in [6.45, 7) is 1.20. The van der Waals surface area contributed by atoms with E-state index in [1.54, 1.807) is 14.1 Å². The summed E-state index contributed by atoms with van der Waals surface area (Å²) in [5, 5.41) is 6.21. The maximum atomic E-state index is 13.0. The Morgan fingerprint density at radius 2 is 1.96 bits per heavy atom. The van der Waals surface area contributed by atoms with Crippen molar-refractivity contribution in [3.05, 3.63) is 0 Å². The van der Waals surface area contributed by atoms with Gasteiger partial charge >= 0.3 is 6.18 Å². The number of amides is 1. The van der Waals surface area contributed by atoms with Gasteiger partial charge in [0, 0.05) is 33.3 Å². The molecule has 1 amide bonds. The van der Waals surface area contributed by atoms with Crippen molar-refractivity contribution in [2.24, 2.45) is 10.9 Å². The van der Waals surface area contributed by atoms with Crippen molar-refractivity contribution in [2.45, 2.75) is 56.8 Å². The number of likely N-dealkylation sites (N-methyl/N-ethyl adjacent to an activating group) is 1. The van der Waals surface area contributed by atoms with Crippen LogP contribution in [0.5, 0.6) is 0 Å². The van der Waals surface area contributed by atoms with Gasteiger partial charge in [0.1, 0.15) is 6.54 Å². The third kappa shape index (κ3) is 8.41. The van der Waals surface area contributed by atoms with Crippen molar-refractivity contribution in [2.75, 3.05) is 33.8 Å². The minimum absolute atomic E-state index is 0. The van der Waals surface area contributed by atoms with E-state index in [0.717, 1.165) is 19.4 Å². The molecule has 2 rings (SSSR count). The summed E-state index contributed by atoms with van der Waals surface area (Å²) in [4.78, 5) is 17.5. The van der Waals surface area contributed by atoms with Crippen LogP contribution in [0.4, 0.5) is 13.2 Å². The van der Waals surface area contributed by atoms with E-state index in [1.165, 1.54) is 4.90 Å². The maximum absolute atomic E-state index is 13.0. The van der Waals surface area contributed by atoms with Gasteiger partial charge in [-0.1, -0.05) is 6.42 Å². The first-order valence-electron chi connectivity index (χ1n) is 9.19. The molecule has 2 aliphatic rings. The predicted molar refractivity (Wildman–Crippen MR) is 108 cm³/mol. The lowest BCUT2D eigenvalue weighted by atomic mass is 9.85. The molecule has 3 unspecified atom stereocenters. The molecule has 1 saturated heterocycles. The predicted octanol–water partition coefficient (Wildman–Crippen LogP) is 2.53. The molecule has 0 aromatic heterocycles. The first-order valence-corrected chi connectivity index (χ1v) is 9.19. The molecule has 3 atom stereocenters. The average Bonchev–Trinajstić information content (AvgIpc) is 3.10. The number of ether oxygens (including phenoxy) is 1. The number of hydrogen-bond donors (Lipinski definition) is 2. The van der Waals surface area contributed by atoms with E-state index in [1.807, 2.05) is 0 Å². The monoisotopic (exact) mass is 506 g/mol. The lowest BCUT2D eigenvalue weighted by molar-refractivity contribution is -0.183. The average molecular weight is 506 g/mol. The van der Waals surface area contributed by atoms with Gasteiger partial charge in [-0.05, 0) is 32.1 Å². The summed E-state index contributed by atoms with van der Waals surface area (Å²) >= 11 is 0. The Kier molecular flexibility index (Phi) is 10.1. The van der Waals surface area contributed by atoms with Crippen LogP contribution in [0.3, 0.4) is 0 Å². The van der Waals surface area contributed by atoms with Crippen LogP contribution in [0.25, 0.3) is 0 Å². The number of carbonyl (C=O) groups excluding carboxylic acids is 1. The van der Waals surface area contributed by atoms with Gasteiger partial charge < -0.3 is 20.3 Å². The highest BCUT2D eigenvalue weighted by Crippen LogP contribution is 2.37. The highest BCUT2D eigenvalue weighted by Gasteiger charge is 2.42. The Morgan fingerprint density at radius 3 is 2.56 bits per heavy atom. The molecule has 2 N–H and O–H groups in total. The number of carbonyl (C=O) groups is 1. The zero-order valence-corrected chi connectivity index (χ0v) is 18.2. The molecule has 1 heterocycles. The number of nitrogens with zero attached hydrogens (tertiary/aromatic N) is 2. The second-order valence-electron chi connectivity index (χ2n) is 7.22. The second-order valence-corrected chi connectivity index (χ2v) is 7.22. The van der Waals surface area contributed by atoms with Gasteiger partial charge in [0.05, 0.1) is 12.0 Å². The molecular formula is C17H30F3IN4O2. The van der Waals surface area contributed by atoms with Gasteiger partial charge in [0.25, 0.3) is 0 Å². The number of alkyl halides is 3. The molecule has 0 spiro atoms. The summed E-state index contributed by atoms with van der Waals surface area (Å²) in [5.41, 5.74) is 0. The van der Waals surface area contributed by atoms with Crippen LogP contribution in [-0.2, 0) is 9.53 Å². The Morgan fingerprint density at radius 1 is 1.22 bits per heavy atom. The number of guanidine groups is 1. The van der Waals surface area contributed by atoms with E-state index < -0.39 is 12.1 Å². The van der Waals surface area contributed by atoms with Crippen molar-refractivity contribution < 1.29 is 22.7 Å². The number of nitrogens with one attached hydrogen (secondary N) is 2. The highest BCUT2D eigenvalue weighted by atomic mass is 127.